The number of aromatic amines is 1. The van der Waals surface area contributed by atoms with Crippen molar-refractivity contribution in [1.29, 1.82) is 0 Å². The van der Waals surface area contributed by atoms with E-state index in [-0.39, 0.29) is 23.7 Å². The minimum absolute atomic E-state index is 0.0746. The first-order valence-electron chi connectivity index (χ1n) is 6.27. The molecule has 0 fully saturated rings. The van der Waals surface area contributed by atoms with Gasteiger partial charge in [-0.25, -0.2) is 18.1 Å². The Kier molecular flexibility index (Phi) is 4.89. The van der Waals surface area contributed by atoms with Crippen molar-refractivity contribution in [3.63, 3.8) is 0 Å². The van der Waals surface area contributed by atoms with Gasteiger partial charge in [0.2, 0.25) is 10.0 Å². The molecule has 0 saturated heterocycles. The maximum atomic E-state index is 12.3. The second-order valence-electron chi connectivity index (χ2n) is 4.27. The Morgan fingerprint density at radius 3 is 2.86 bits per heavy atom. The van der Waals surface area contributed by atoms with E-state index in [1.54, 1.807) is 12.1 Å². The van der Waals surface area contributed by atoms with E-state index in [4.69, 9.17) is 10.5 Å². The molecule has 0 radical (unpaired) electrons. The van der Waals surface area contributed by atoms with Gasteiger partial charge < -0.3 is 10.5 Å². The van der Waals surface area contributed by atoms with Crippen LogP contribution in [-0.4, -0.2) is 37.3 Å². The number of H-pyrrole nitrogens is 1. The summed E-state index contributed by atoms with van der Waals surface area (Å²) in [6, 6.07) is 4.83. The van der Waals surface area contributed by atoms with Crippen molar-refractivity contribution in [2.24, 2.45) is 5.73 Å². The first-order valence-corrected chi connectivity index (χ1v) is 7.76. The molecule has 0 amide bonds. The maximum absolute atomic E-state index is 12.3. The lowest BCUT2D eigenvalue weighted by Gasteiger charge is -2.11. The van der Waals surface area contributed by atoms with Gasteiger partial charge in [-0.05, 0) is 17.7 Å². The summed E-state index contributed by atoms with van der Waals surface area (Å²) in [5.74, 6) is 0.889. The number of nitrogens with two attached hydrogens (primary N) is 1. The van der Waals surface area contributed by atoms with E-state index in [1.165, 1.54) is 19.5 Å². The van der Waals surface area contributed by atoms with Crippen molar-refractivity contribution in [3.05, 3.63) is 35.9 Å². The Morgan fingerprint density at radius 1 is 1.43 bits per heavy atom. The summed E-state index contributed by atoms with van der Waals surface area (Å²) in [6.07, 6.45) is 1.79. The number of hydrogen-bond acceptors (Lipinski definition) is 6. The fourth-order valence-corrected chi connectivity index (χ4v) is 3.04. The zero-order valence-electron chi connectivity index (χ0n) is 11.5. The predicted molar refractivity (Wildman–Crippen MR) is 76.2 cm³/mol. The van der Waals surface area contributed by atoms with Crippen LogP contribution < -0.4 is 15.2 Å². The van der Waals surface area contributed by atoms with Crippen LogP contribution in [-0.2, 0) is 23.0 Å². The lowest BCUT2D eigenvalue weighted by atomic mass is 10.2. The van der Waals surface area contributed by atoms with Crippen molar-refractivity contribution in [1.82, 2.24) is 19.9 Å². The van der Waals surface area contributed by atoms with Crippen LogP contribution in [0.3, 0.4) is 0 Å². The van der Waals surface area contributed by atoms with Gasteiger partial charge in [-0.1, -0.05) is 6.07 Å². The third-order valence-corrected chi connectivity index (χ3v) is 4.35. The molecule has 0 aliphatic heterocycles. The Bertz CT molecular complexity index is 685. The quantitative estimate of drug-likeness (QED) is 0.650. The van der Waals surface area contributed by atoms with Crippen LogP contribution >= 0.6 is 0 Å². The first kappa shape index (κ1) is 15.4. The predicted octanol–water partition coefficient (Wildman–Crippen LogP) is -0.207. The highest BCUT2D eigenvalue weighted by Gasteiger charge is 2.19. The fraction of sp³-hybridized carbons (Fsp3) is 0.333. The summed E-state index contributed by atoms with van der Waals surface area (Å²) < 4.78 is 32.3. The third-order valence-electron chi connectivity index (χ3n) is 2.87. The maximum Gasteiger partial charge on any atom is 0.244 e. The molecule has 0 bridgehead atoms. The van der Waals surface area contributed by atoms with E-state index in [1.807, 2.05) is 0 Å². The largest absolute Gasteiger partial charge is 0.495 e. The van der Waals surface area contributed by atoms with Crippen LogP contribution in [0.4, 0.5) is 0 Å². The summed E-state index contributed by atoms with van der Waals surface area (Å²) in [6.45, 7) is 0.456. The van der Waals surface area contributed by atoms with Gasteiger partial charge in [-0.15, -0.1) is 0 Å². The minimum Gasteiger partial charge on any atom is -0.495 e. The molecular weight excluding hydrogens is 294 g/mol. The molecule has 1 aromatic heterocycles. The van der Waals surface area contributed by atoms with Crippen LogP contribution in [0.2, 0.25) is 0 Å². The van der Waals surface area contributed by atoms with Crippen LogP contribution in [0, 0.1) is 0 Å². The Hall–Kier alpha value is -1.97. The minimum atomic E-state index is -3.68. The monoisotopic (exact) mass is 311 g/mol. The van der Waals surface area contributed by atoms with Crippen LogP contribution in [0.5, 0.6) is 5.75 Å². The molecular formula is C12H17N5O3S. The molecule has 8 nitrogen and oxygen atoms in total. The van der Waals surface area contributed by atoms with E-state index >= 15 is 0 Å². The molecule has 0 aliphatic rings. The number of benzene rings is 1. The number of rotatable bonds is 7. The SMILES string of the molecule is COc1ccc(CN)cc1S(=O)(=O)NCCc1ncn[nH]1. The summed E-state index contributed by atoms with van der Waals surface area (Å²) in [5.41, 5.74) is 6.26. The van der Waals surface area contributed by atoms with Crippen LogP contribution in [0.15, 0.2) is 29.4 Å². The zero-order valence-corrected chi connectivity index (χ0v) is 12.4. The van der Waals surface area contributed by atoms with Crippen LogP contribution in [0.1, 0.15) is 11.4 Å². The summed E-state index contributed by atoms with van der Waals surface area (Å²) >= 11 is 0. The lowest BCUT2D eigenvalue weighted by molar-refractivity contribution is 0.402. The van der Waals surface area contributed by atoms with Gasteiger partial charge in [-0.2, -0.15) is 5.10 Å². The third kappa shape index (κ3) is 3.78. The second-order valence-corrected chi connectivity index (χ2v) is 6.00. The Morgan fingerprint density at radius 2 is 2.24 bits per heavy atom. The van der Waals surface area contributed by atoms with Gasteiger partial charge in [0, 0.05) is 19.5 Å². The molecule has 1 aromatic carbocycles. The molecule has 0 unspecified atom stereocenters. The number of ether oxygens (including phenoxy) is 1. The van der Waals surface area contributed by atoms with Gasteiger partial charge in [0.05, 0.1) is 7.11 Å². The summed E-state index contributed by atoms with van der Waals surface area (Å²) in [7, 11) is -2.26. The standard InChI is InChI=1S/C12H17N5O3S/c1-20-10-3-2-9(7-13)6-11(10)21(18,19)16-5-4-12-14-8-15-17-12/h2-3,6,8,16H,4-5,7,13H2,1H3,(H,14,15,17). The number of sulfonamides is 1. The highest BCUT2D eigenvalue weighted by molar-refractivity contribution is 7.89. The zero-order chi connectivity index (χ0) is 15.3. The molecule has 1 heterocycles. The van der Waals surface area contributed by atoms with Gasteiger partial charge in [0.25, 0.3) is 0 Å². The molecule has 2 aromatic rings. The number of aromatic nitrogens is 3. The topological polar surface area (TPSA) is 123 Å². The Balaban J connectivity index is 2.14. The average molecular weight is 311 g/mol. The molecule has 0 saturated carbocycles. The summed E-state index contributed by atoms with van der Waals surface area (Å²) in [5, 5.41) is 6.37. The van der Waals surface area contributed by atoms with Crippen molar-refractivity contribution in [2.45, 2.75) is 17.9 Å². The van der Waals surface area contributed by atoms with E-state index in [0.717, 1.165) is 0 Å². The Labute approximate surface area is 122 Å². The molecule has 0 spiro atoms. The number of nitrogens with one attached hydrogen (secondary N) is 2. The van der Waals surface area contributed by atoms with Gasteiger partial charge in [0.1, 0.15) is 22.8 Å². The van der Waals surface area contributed by atoms with Gasteiger partial charge in [0.15, 0.2) is 0 Å². The van der Waals surface area contributed by atoms with E-state index in [2.05, 4.69) is 19.9 Å². The van der Waals surface area contributed by atoms with Crippen molar-refractivity contribution >= 4 is 10.0 Å². The van der Waals surface area contributed by atoms with E-state index in [9.17, 15) is 8.42 Å². The lowest BCUT2D eigenvalue weighted by Crippen LogP contribution is -2.27. The molecule has 4 N–H and O–H groups in total. The van der Waals surface area contributed by atoms with Gasteiger partial charge >= 0.3 is 0 Å². The highest BCUT2D eigenvalue weighted by atomic mass is 32.2. The number of nitrogens with zero attached hydrogens (tertiary/aromatic N) is 2. The van der Waals surface area contributed by atoms with Crippen molar-refractivity contribution in [2.75, 3.05) is 13.7 Å². The van der Waals surface area contributed by atoms with Crippen molar-refractivity contribution in [3.8, 4) is 5.75 Å². The molecule has 21 heavy (non-hydrogen) atoms. The number of hydrogen-bond donors (Lipinski definition) is 3. The van der Waals surface area contributed by atoms with Gasteiger partial charge in [-0.3, -0.25) is 5.10 Å². The second kappa shape index (κ2) is 6.66. The molecule has 9 heteroatoms. The molecule has 0 aliphatic carbocycles. The highest BCUT2D eigenvalue weighted by Crippen LogP contribution is 2.24. The normalized spacial score (nSPS) is 11.5. The molecule has 2 rings (SSSR count). The first-order chi connectivity index (χ1) is 10.1. The fourth-order valence-electron chi connectivity index (χ4n) is 1.79. The van der Waals surface area contributed by atoms with Crippen molar-refractivity contribution < 1.29 is 13.2 Å². The van der Waals surface area contributed by atoms with Crippen LogP contribution in [0.25, 0.3) is 0 Å². The number of methoxy groups -OCH3 is 1. The average Bonchev–Trinajstić information content (AvgIpc) is 2.99. The smallest absolute Gasteiger partial charge is 0.244 e. The summed E-state index contributed by atoms with van der Waals surface area (Å²) in [4.78, 5) is 4.00. The molecule has 114 valence electrons. The van der Waals surface area contributed by atoms with E-state index in [0.29, 0.717) is 17.8 Å². The van der Waals surface area contributed by atoms with E-state index < -0.39 is 10.0 Å². The molecule has 0 atom stereocenters.